The zero-order chi connectivity index (χ0) is 12.1. The van der Waals surface area contributed by atoms with Gasteiger partial charge in [0.2, 0.25) is 0 Å². The highest BCUT2D eigenvalue weighted by molar-refractivity contribution is 14.1. The van der Waals surface area contributed by atoms with Crippen LogP contribution < -0.4 is 0 Å². The molecule has 0 amide bonds. The van der Waals surface area contributed by atoms with Crippen molar-refractivity contribution in [2.75, 3.05) is 7.11 Å². The number of methoxy groups -OCH3 is 1. The largest absolute Gasteiger partial charge is 0.465 e. The zero-order valence-electron chi connectivity index (χ0n) is 9.28. The van der Waals surface area contributed by atoms with Gasteiger partial charge in [-0.15, -0.1) is 0 Å². The molecule has 5 heteroatoms. The molecule has 1 unspecified atom stereocenters. The van der Waals surface area contributed by atoms with Gasteiger partial charge in [-0.2, -0.15) is 8.78 Å². The number of alkyl halides is 3. The fourth-order valence-corrected chi connectivity index (χ4v) is 2.18. The van der Waals surface area contributed by atoms with Crippen LogP contribution in [0.5, 0.6) is 0 Å². The summed E-state index contributed by atoms with van der Waals surface area (Å²) < 4.78 is 30.0. The summed E-state index contributed by atoms with van der Waals surface area (Å²) in [6.07, 6.45) is 2.06. The second kappa shape index (κ2) is 5.96. The molecule has 2 nitrogen and oxygen atoms in total. The standard InChI is InChI=1S/C10H17F2IO2/c1-4-5-6-9(2,13)7-10(11,12)8(14)15-3/h4-7H2,1-3H3. The van der Waals surface area contributed by atoms with Crippen molar-refractivity contribution in [1.29, 1.82) is 0 Å². The van der Waals surface area contributed by atoms with Gasteiger partial charge in [-0.1, -0.05) is 49.3 Å². The first-order chi connectivity index (χ1) is 6.75. The molecular formula is C10H17F2IO2. The maximum Gasteiger partial charge on any atom is 0.376 e. The van der Waals surface area contributed by atoms with Gasteiger partial charge in [0, 0.05) is 9.84 Å². The summed E-state index contributed by atoms with van der Waals surface area (Å²) in [6, 6.07) is 0. The van der Waals surface area contributed by atoms with Crippen LogP contribution in [0, 0.1) is 0 Å². The van der Waals surface area contributed by atoms with Crippen LogP contribution in [0.3, 0.4) is 0 Å². The second-order valence-electron chi connectivity index (χ2n) is 3.89. The quantitative estimate of drug-likeness (QED) is 0.422. The third-order valence-electron chi connectivity index (χ3n) is 2.13. The second-order valence-corrected chi connectivity index (χ2v) is 6.49. The Kier molecular flexibility index (Phi) is 5.98. The third kappa shape index (κ3) is 5.63. The van der Waals surface area contributed by atoms with Crippen molar-refractivity contribution in [1.82, 2.24) is 0 Å². The normalized spacial score (nSPS) is 15.9. The average molecular weight is 334 g/mol. The van der Waals surface area contributed by atoms with E-state index in [2.05, 4.69) is 4.74 Å². The Bertz CT molecular complexity index is 217. The predicted molar refractivity (Wildman–Crippen MR) is 63.5 cm³/mol. The van der Waals surface area contributed by atoms with Crippen molar-refractivity contribution < 1.29 is 18.3 Å². The number of hydrogen-bond acceptors (Lipinski definition) is 2. The molecule has 0 heterocycles. The molecule has 0 aliphatic carbocycles. The van der Waals surface area contributed by atoms with Crippen LogP contribution in [0.15, 0.2) is 0 Å². The monoisotopic (exact) mass is 334 g/mol. The van der Waals surface area contributed by atoms with Gasteiger partial charge in [0.1, 0.15) is 0 Å². The number of carbonyl (C=O) groups excluding carboxylic acids is 1. The van der Waals surface area contributed by atoms with Crippen molar-refractivity contribution in [3.8, 4) is 0 Å². The van der Waals surface area contributed by atoms with Gasteiger partial charge < -0.3 is 4.74 Å². The van der Waals surface area contributed by atoms with E-state index in [4.69, 9.17) is 0 Å². The van der Waals surface area contributed by atoms with Crippen LogP contribution in [0.1, 0.15) is 39.5 Å². The highest BCUT2D eigenvalue weighted by Gasteiger charge is 2.45. The summed E-state index contributed by atoms with van der Waals surface area (Å²) >= 11 is 1.99. The van der Waals surface area contributed by atoms with Crippen LogP contribution in [0.2, 0.25) is 0 Å². The highest BCUT2D eigenvalue weighted by Crippen LogP contribution is 2.37. The predicted octanol–water partition coefficient (Wildman–Crippen LogP) is 3.57. The molecule has 0 fully saturated rings. The SMILES string of the molecule is CCCCC(C)(I)CC(F)(F)C(=O)OC. The number of esters is 1. The van der Waals surface area contributed by atoms with Crippen molar-refractivity contribution in [2.24, 2.45) is 0 Å². The van der Waals surface area contributed by atoms with E-state index in [9.17, 15) is 13.6 Å². The van der Waals surface area contributed by atoms with Gasteiger partial charge in [0.05, 0.1) is 7.11 Å². The number of unbranched alkanes of at least 4 members (excludes halogenated alkanes) is 1. The molecule has 0 saturated carbocycles. The molecule has 0 N–H and O–H groups in total. The lowest BCUT2D eigenvalue weighted by atomic mass is 9.97. The number of carbonyl (C=O) groups is 1. The highest BCUT2D eigenvalue weighted by atomic mass is 127. The molecule has 0 bridgehead atoms. The average Bonchev–Trinajstić information content (AvgIpc) is 2.11. The number of halogens is 3. The van der Waals surface area contributed by atoms with E-state index in [0.29, 0.717) is 6.42 Å². The summed E-state index contributed by atoms with van der Waals surface area (Å²) in [5, 5.41) is 0. The Morgan fingerprint density at radius 2 is 2.00 bits per heavy atom. The van der Waals surface area contributed by atoms with Gasteiger partial charge in [0.25, 0.3) is 0 Å². The first-order valence-electron chi connectivity index (χ1n) is 4.90. The van der Waals surface area contributed by atoms with Crippen LogP contribution in [0.25, 0.3) is 0 Å². The van der Waals surface area contributed by atoms with Gasteiger partial charge in [-0.05, 0) is 6.42 Å². The molecule has 0 saturated heterocycles. The molecule has 0 spiro atoms. The van der Waals surface area contributed by atoms with Crippen LogP contribution in [-0.2, 0) is 9.53 Å². The summed E-state index contributed by atoms with van der Waals surface area (Å²) in [5.41, 5.74) is 0. The van der Waals surface area contributed by atoms with E-state index in [-0.39, 0.29) is 0 Å². The number of rotatable bonds is 6. The molecule has 0 radical (unpaired) electrons. The topological polar surface area (TPSA) is 26.3 Å². The third-order valence-corrected chi connectivity index (χ3v) is 3.05. The minimum atomic E-state index is -3.38. The smallest absolute Gasteiger partial charge is 0.376 e. The fourth-order valence-electron chi connectivity index (χ4n) is 1.32. The maximum atomic E-state index is 13.3. The molecule has 0 aromatic heterocycles. The lowest BCUT2D eigenvalue weighted by molar-refractivity contribution is -0.170. The van der Waals surface area contributed by atoms with E-state index in [1.807, 2.05) is 29.5 Å². The van der Waals surface area contributed by atoms with Crippen LogP contribution in [0.4, 0.5) is 8.78 Å². The molecule has 0 aromatic carbocycles. The van der Waals surface area contributed by atoms with Gasteiger partial charge >= 0.3 is 11.9 Å². The molecule has 0 aromatic rings. The summed E-state index contributed by atoms with van der Waals surface area (Å²) in [5.74, 6) is -4.82. The van der Waals surface area contributed by atoms with E-state index >= 15 is 0 Å². The van der Waals surface area contributed by atoms with Crippen LogP contribution >= 0.6 is 22.6 Å². The Labute approximate surface area is 103 Å². The Balaban J connectivity index is 4.35. The number of ether oxygens (including phenoxy) is 1. The van der Waals surface area contributed by atoms with Crippen molar-refractivity contribution in [2.45, 2.75) is 48.9 Å². The molecule has 1 atom stereocenters. The van der Waals surface area contributed by atoms with Gasteiger partial charge in [-0.25, -0.2) is 4.79 Å². The molecule has 0 aliphatic rings. The first-order valence-corrected chi connectivity index (χ1v) is 5.98. The van der Waals surface area contributed by atoms with E-state index in [1.54, 1.807) is 6.92 Å². The van der Waals surface area contributed by atoms with E-state index < -0.39 is 21.7 Å². The molecule has 90 valence electrons. The van der Waals surface area contributed by atoms with E-state index in [1.165, 1.54) is 0 Å². The minimum absolute atomic E-state index is 0.465. The van der Waals surface area contributed by atoms with Crippen molar-refractivity contribution in [3.63, 3.8) is 0 Å². The Morgan fingerprint density at radius 3 is 2.40 bits per heavy atom. The lowest BCUT2D eigenvalue weighted by Crippen LogP contribution is -2.36. The van der Waals surface area contributed by atoms with Crippen molar-refractivity contribution in [3.05, 3.63) is 0 Å². The maximum absolute atomic E-state index is 13.3. The summed E-state index contributed by atoms with van der Waals surface area (Å²) in [7, 11) is 0.979. The van der Waals surface area contributed by atoms with Gasteiger partial charge in [-0.3, -0.25) is 0 Å². The summed E-state index contributed by atoms with van der Waals surface area (Å²) in [6.45, 7) is 3.74. The molecule has 0 aliphatic heterocycles. The van der Waals surface area contributed by atoms with Crippen LogP contribution in [-0.4, -0.2) is 22.4 Å². The molecule has 15 heavy (non-hydrogen) atoms. The lowest BCUT2D eigenvalue weighted by Gasteiger charge is -2.26. The zero-order valence-corrected chi connectivity index (χ0v) is 11.4. The Morgan fingerprint density at radius 1 is 1.47 bits per heavy atom. The van der Waals surface area contributed by atoms with E-state index in [0.717, 1.165) is 20.0 Å². The Hall–Kier alpha value is 0.0600. The van der Waals surface area contributed by atoms with Crippen molar-refractivity contribution >= 4 is 28.6 Å². The first kappa shape index (κ1) is 15.1. The van der Waals surface area contributed by atoms with Gasteiger partial charge in [0.15, 0.2) is 0 Å². The summed E-state index contributed by atoms with van der Waals surface area (Å²) in [4.78, 5) is 10.8. The minimum Gasteiger partial charge on any atom is -0.465 e. The molecule has 0 rings (SSSR count). The fraction of sp³-hybridized carbons (Fsp3) is 0.900. The number of hydrogen-bond donors (Lipinski definition) is 0. The molecular weight excluding hydrogens is 317 g/mol.